The van der Waals surface area contributed by atoms with E-state index in [9.17, 15) is 12.8 Å². The number of aromatic nitrogens is 4. The number of anilines is 1. The van der Waals surface area contributed by atoms with Crippen molar-refractivity contribution < 1.29 is 17.2 Å². The summed E-state index contributed by atoms with van der Waals surface area (Å²) in [7, 11) is -4.65. The van der Waals surface area contributed by atoms with Crippen LogP contribution in [0.3, 0.4) is 0 Å². The van der Waals surface area contributed by atoms with E-state index in [1.807, 2.05) is 0 Å². The minimum atomic E-state index is -4.65. The normalized spacial score (nSPS) is 13.9. The first-order chi connectivity index (χ1) is 16.1. The molecule has 0 radical (unpaired) electrons. The summed E-state index contributed by atoms with van der Waals surface area (Å²) in [6, 6.07) is 8.40. The van der Waals surface area contributed by atoms with Crippen molar-refractivity contribution in [3.05, 3.63) is 65.1 Å². The van der Waals surface area contributed by atoms with Crippen molar-refractivity contribution in [2.75, 3.05) is 5.73 Å². The standard InChI is InChI=1S/C22H17ClF2N6O2S/c23-16-11(12-6-7-14(24)20(17(12)25)34(27,32)33)2-1-3-13(16)18-19(15-8-9-28-22(26)29-15)31-21(30-18)10-4-5-10/h1-3,6-10H,4-5H2,(H,30,31)(H2,26,28,29)(H2,27,32,33). The third kappa shape index (κ3) is 3.91. The summed E-state index contributed by atoms with van der Waals surface area (Å²) in [5, 5.41) is 5.11. The van der Waals surface area contributed by atoms with Gasteiger partial charge in [-0.25, -0.2) is 37.3 Å². The molecule has 1 fully saturated rings. The number of nitrogen functional groups attached to an aromatic ring is 1. The highest BCUT2D eigenvalue weighted by Crippen LogP contribution is 2.44. The monoisotopic (exact) mass is 502 g/mol. The highest BCUT2D eigenvalue weighted by molar-refractivity contribution is 7.89. The number of hydrogen-bond acceptors (Lipinski definition) is 6. The molecule has 0 amide bonds. The summed E-state index contributed by atoms with van der Waals surface area (Å²) in [5.41, 5.74) is 7.63. The number of sulfonamides is 1. The first kappa shape index (κ1) is 22.4. The van der Waals surface area contributed by atoms with E-state index in [0.29, 0.717) is 22.6 Å². The molecule has 8 nitrogen and oxygen atoms in total. The van der Waals surface area contributed by atoms with Gasteiger partial charge in [0.15, 0.2) is 10.7 Å². The Balaban J connectivity index is 1.71. The zero-order valence-corrected chi connectivity index (χ0v) is 19.0. The molecule has 2 aromatic heterocycles. The van der Waals surface area contributed by atoms with Gasteiger partial charge in [0.05, 0.1) is 22.1 Å². The van der Waals surface area contributed by atoms with Crippen molar-refractivity contribution in [3.63, 3.8) is 0 Å². The zero-order chi connectivity index (χ0) is 24.2. The maximum atomic E-state index is 15.1. The summed E-state index contributed by atoms with van der Waals surface area (Å²) in [6.07, 6.45) is 3.49. The number of H-pyrrole nitrogens is 1. The maximum absolute atomic E-state index is 15.1. The summed E-state index contributed by atoms with van der Waals surface area (Å²) >= 11 is 6.70. The molecular formula is C22H17ClF2N6O2S. The van der Waals surface area contributed by atoms with Gasteiger partial charge in [-0.1, -0.05) is 29.8 Å². The molecule has 2 heterocycles. The molecule has 0 bridgehead atoms. The van der Waals surface area contributed by atoms with Gasteiger partial charge in [-0.3, -0.25) is 0 Å². The van der Waals surface area contributed by atoms with Crippen LogP contribution in [0.25, 0.3) is 33.8 Å². The second kappa shape index (κ2) is 8.12. The summed E-state index contributed by atoms with van der Waals surface area (Å²) in [4.78, 5) is 15.0. The molecule has 1 saturated carbocycles. The van der Waals surface area contributed by atoms with E-state index in [1.54, 1.807) is 18.2 Å². The molecule has 0 atom stereocenters. The van der Waals surface area contributed by atoms with Crippen molar-refractivity contribution in [3.8, 4) is 33.8 Å². The Morgan fingerprint density at radius 3 is 2.44 bits per heavy atom. The number of nitrogens with zero attached hydrogens (tertiary/aromatic N) is 3. The van der Waals surface area contributed by atoms with E-state index in [0.717, 1.165) is 30.8 Å². The Morgan fingerprint density at radius 2 is 1.76 bits per heavy atom. The molecule has 34 heavy (non-hydrogen) atoms. The quantitative estimate of drug-likeness (QED) is 0.373. The predicted octanol–water partition coefficient (Wildman–Crippen LogP) is 4.24. The molecule has 4 aromatic rings. The second-order valence-electron chi connectivity index (χ2n) is 7.87. The van der Waals surface area contributed by atoms with E-state index in [-0.39, 0.29) is 28.0 Å². The van der Waals surface area contributed by atoms with Crippen LogP contribution in [-0.4, -0.2) is 28.4 Å². The smallest absolute Gasteiger partial charge is 0.243 e. The lowest BCUT2D eigenvalue weighted by atomic mass is 9.99. The SMILES string of the molecule is Nc1nccc(-c2[nH]c(C3CC3)nc2-c2cccc(-c3ccc(F)c(S(N)(=O)=O)c3F)c2Cl)n1. The van der Waals surface area contributed by atoms with Crippen LogP contribution in [0.4, 0.5) is 14.7 Å². The van der Waals surface area contributed by atoms with Gasteiger partial charge >= 0.3 is 0 Å². The minimum absolute atomic E-state index is 0.0785. The highest BCUT2D eigenvalue weighted by atomic mass is 35.5. The Bertz CT molecular complexity index is 1550. The van der Waals surface area contributed by atoms with Crippen LogP contribution in [0.15, 0.2) is 47.5 Å². The van der Waals surface area contributed by atoms with Gasteiger partial charge in [0.25, 0.3) is 0 Å². The van der Waals surface area contributed by atoms with Gasteiger partial charge in [-0.05, 0) is 31.0 Å². The van der Waals surface area contributed by atoms with Crippen molar-refractivity contribution in [1.82, 2.24) is 19.9 Å². The molecule has 0 aliphatic heterocycles. The fourth-order valence-corrected chi connectivity index (χ4v) is 4.78. The second-order valence-corrected chi connectivity index (χ2v) is 9.75. The van der Waals surface area contributed by atoms with E-state index >= 15 is 4.39 Å². The van der Waals surface area contributed by atoms with Gasteiger partial charge in [0.1, 0.15) is 11.6 Å². The third-order valence-electron chi connectivity index (χ3n) is 5.49. The molecule has 2 aromatic carbocycles. The van der Waals surface area contributed by atoms with Gasteiger partial charge < -0.3 is 10.7 Å². The molecule has 5 N–H and O–H groups in total. The minimum Gasteiger partial charge on any atom is -0.368 e. The molecule has 0 unspecified atom stereocenters. The number of nitrogens with one attached hydrogen (secondary N) is 1. The Morgan fingerprint density at radius 1 is 1.03 bits per heavy atom. The number of imidazole rings is 1. The van der Waals surface area contributed by atoms with Crippen LogP contribution in [0.2, 0.25) is 5.02 Å². The van der Waals surface area contributed by atoms with Crippen molar-refractivity contribution in [1.29, 1.82) is 0 Å². The van der Waals surface area contributed by atoms with E-state index in [4.69, 9.17) is 27.5 Å². The molecule has 0 spiro atoms. The number of aromatic amines is 1. The van der Waals surface area contributed by atoms with Crippen LogP contribution in [0.1, 0.15) is 24.6 Å². The van der Waals surface area contributed by atoms with Gasteiger partial charge in [0.2, 0.25) is 16.0 Å². The van der Waals surface area contributed by atoms with E-state index < -0.39 is 26.6 Å². The van der Waals surface area contributed by atoms with E-state index in [2.05, 4.69) is 15.0 Å². The largest absolute Gasteiger partial charge is 0.368 e. The van der Waals surface area contributed by atoms with Crippen molar-refractivity contribution in [2.24, 2.45) is 5.14 Å². The van der Waals surface area contributed by atoms with Gasteiger partial charge in [0, 0.05) is 28.8 Å². The van der Waals surface area contributed by atoms with Crippen LogP contribution in [-0.2, 0) is 10.0 Å². The lowest BCUT2D eigenvalue weighted by Gasteiger charge is -2.12. The van der Waals surface area contributed by atoms with Crippen LogP contribution in [0, 0.1) is 11.6 Å². The lowest BCUT2D eigenvalue weighted by Crippen LogP contribution is -2.16. The van der Waals surface area contributed by atoms with Crippen molar-refractivity contribution in [2.45, 2.75) is 23.7 Å². The zero-order valence-electron chi connectivity index (χ0n) is 17.4. The Kier molecular flexibility index (Phi) is 5.34. The molecule has 174 valence electrons. The summed E-state index contributed by atoms with van der Waals surface area (Å²) in [6.45, 7) is 0. The number of benzene rings is 2. The third-order valence-corrected chi connectivity index (χ3v) is 6.84. The highest BCUT2D eigenvalue weighted by Gasteiger charge is 2.30. The molecule has 1 aliphatic rings. The van der Waals surface area contributed by atoms with Crippen molar-refractivity contribution >= 4 is 27.6 Å². The number of primary sulfonamides is 1. The first-order valence-corrected chi connectivity index (χ1v) is 12.1. The summed E-state index contributed by atoms with van der Waals surface area (Å²) < 4.78 is 52.7. The fourth-order valence-electron chi connectivity index (χ4n) is 3.76. The molecule has 12 heteroatoms. The lowest BCUT2D eigenvalue weighted by molar-refractivity contribution is 0.522. The first-order valence-electron chi connectivity index (χ1n) is 10.1. The predicted molar refractivity (Wildman–Crippen MR) is 123 cm³/mol. The Hall–Kier alpha value is -3.41. The van der Waals surface area contributed by atoms with Crippen LogP contribution >= 0.6 is 11.6 Å². The Labute approximate surface area is 198 Å². The van der Waals surface area contributed by atoms with Crippen LogP contribution < -0.4 is 10.9 Å². The number of hydrogen-bond donors (Lipinski definition) is 3. The number of halogens is 3. The van der Waals surface area contributed by atoms with Gasteiger partial charge in [-0.2, -0.15) is 0 Å². The summed E-state index contributed by atoms with van der Waals surface area (Å²) in [5.74, 6) is -1.50. The van der Waals surface area contributed by atoms with Gasteiger partial charge in [-0.15, -0.1) is 0 Å². The number of rotatable bonds is 5. The van der Waals surface area contributed by atoms with Crippen LogP contribution in [0.5, 0.6) is 0 Å². The molecule has 5 rings (SSSR count). The van der Waals surface area contributed by atoms with E-state index in [1.165, 1.54) is 12.3 Å². The number of nitrogens with two attached hydrogens (primary N) is 2. The topological polar surface area (TPSA) is 141 Å². The average molecular weight is 503 g/mol. The fraction of sp³-hybridized carbons (Fsp3) is 0.136. The molecular weight excluding hydrogens is 486 g/mol. The molecule has 0 saturated heterocycles. The average Bonchev–Trinajstić information content (AvgIpc) is 3.52. The molecule has 1 aliphatic carbocycles. The maximum Gasteiger partial charge on any atom is 0.243 e.